The molecule has 1 aliphatic heterocycles. The summed E-state index contributed by atoms with van der Waals surface area (Å²) in [6.07, 6.45) is 1.00. The van der Waals surface area contributed by atoms with E-state index in [1.165, 1.54) is 0 Å². The topological polar surface area (TPSA) is 58.6 Å². The fraction of sp³-hybridized carbons (Fsp3) is 0.636. The molecule has 5 nitrogen and oxygen atoms in total. The van der Waals surface area contributed by atoms with Crippen LogP contribution in [0.25, 0.3) is 0 Å². The van der Waals surface area contributed by atoms with Crippen LogP contribution in [0.4, 0.5) is 0 Å². The molecule has 2 rings (SSSR count). The van der Waals surface area contributed by atoms with Crippen LogP contribution in [0.5, 0.6) is 5.75 Å². The number of rotatable bonds is 5. The molecule has 0 bridgehead atoms. The number of piperidine rings is 1. The summed E-state index contributed by atoms with van der Waals surface area (Å²) >= 11 is 0. The molecule has 0 spiro atoms. The number of carbonyl (C=O) groups excluding carboxylic acids is 2. The van der Waals surface area contributed by atoms with Gasteiger partial charge in [-0.2, -0.15) is 0 Å². The summed E-state index contributed by atoms with van der Waals surface area (Å²) in [4.78, 5) is 26.8. The van der Waals surface area contributed by atoms with Crippen LogP contribution in [0.3, 0.4) is 0 Å². The van der Waals surface area contributed by atoms with Crippen LogP contribution in [0.15, 0.2) is 24.3 Å². The van der Waals surface area contributed by atoms with E-state index in [1.807, 2.05) is 49.9 Å². The molecule has 1 heterocycles. The first-order chi connectivity index (χ1) is 12.6. The van der Waals surface area contributed by atoms with Crippen molar-refractivity contribution in [3.63, 3.8) is 0 Å². The second-order valence-corrected chi connectivity index (χ2v) is 8.78. The lowest BCUT2D eigenvalue weighted by Crippen LogP contribution is -2.51. The third-order valence-electron chi connectivity index (χ3n) is 4.98. The summed E-state index contributed by atoms with van der Waals surface area (Å²) in [5.74, 6) is 1.17. The first-order valence-electron chi connectivity index (χ1n) is 9.95. The maximum Gasteiger partial charge on any atom is 0.260 e. The van der Waals surface area contributed by atoms with E-state index in [-0.39, 0.29) is 23.3 Å². The number of likely N-dealkylation sites (tertiary alicyclic amines) is 1. The van der Waals surface area contributed by atoms with Crippen LogP contribution < -0.4 is 10.1 Å². The van der Waals surface area contributed by atoms with Crippen LogP contribution in [-0.2, 0) is 9.59 Å². The number of hydrogen-bond acceptors (Lipinski definition) is 3. The zero-order valence-electron chi connectivity index (χ0n) is 17.5. The van der Waals surface area contributed by atoms with Crippen molar-refractivity contribution in [2.24, 2.45) is 5.41 Å². The number of hydrogen-bond donors (Lipinski definition) is 1. The van der Waals surface area contributed by atoms with E-state index in [0.717, 1.165) is 24.2 Å². The summed E-state index contributed by atoms with van der Waals surface area (Å²) < 4.78 is 5.94. The van der Waals surface area contributed by atoms with Gasteiger partial charge in [0.15, 0.2) is 6.10 Å². The number of amides is 2. The lowest BCUT2D eigenvalue weighted by atomic mass is 9.93. The van der Waals surface area contributed by atoms with Gasteiger partial charge < -0.3 is 15.0 Å². The Labute approximate surface area is 163 Å². The molecule has 1 N–H and O–H groups in total. The van der Waals surface area contributed by atoms with Gasteiger partial charge >= 0.3 is 0 Å². The Balaban J connectivity index is 1.87. The van der Waals surface area contributed by atoms with Gasteiger partial charge in [0.1, 0.15) is 5.75 Å². The van der Waals surface area contributed by atoms with E-state index < -0.39 is 6.10 Å². The molecule has 5 heteroatoms. The minimum absolute atomic E-state index is 0.0907. The van der Waals surface area contributed by atoms with Crippen molar-refractivity contribution in [2.45, 2.75) is 72.4 Å². The first kappa shape index (κ1) is 21.3. The SMILES string of the molecule is CC(Oc1ccccc1C(C)C)C(=O)NC1CCN(C(=O)C(C)(C)C)CC1. The van der Waals surface area contributed by atoms with Crippen molar-refractivity contribution >= 4 is 11.8 Å². The normalized spacial score (nSPS) is 16.9. The highest BCUT2D eigenvalue weighted by molar-refractivity contribution is 5.82. The van der Waals surface area contributed by atoms with Crippen molar-refractivity contribution in [1.29, 1.82) is 0 Å². The summed E-state index contributed by atoms with van der Waals surface area (Å²) in [7, 11) is 0. The lowest BCUT2D eigenvalue weighted by Gasteiger charge is -2.36. The largest absolute Gasteiger partial charge is 0.481 e. The molecule has 1 fully saturated rings. The van der Waals surface area contributed by atoms with Gasteiger partial charge in [0.05, 0.1) is 0 Å². The van der Waals surface area contributed by atoms with Gasteiger partial charge in [-0.25, -0.2) is 0 Å². The Bertz CT molecular complexity index is 656. The van der Waals surface area contributed by atoms with E-state index >= 15 is 0 Å². The van der Waals surface area contributed by atoms with Crippen molar-refractivity contribution in [1.82, 2.24) is 10.2 Å². The molecule has 0 saturated carbocycles. The van der Waals surface area contributed by atoms with Gasteiger partial charge in [0.2, 0.25) is 5.91 Å². The monoisotopic (exact) mass is 374 g/mol. The molecule has 1 aliphatic rings. The highest BCUT2D eigenvalue weighted by Gasteiger charge is 2.31. The Hall–Kier alpha value is -2.04. The minimum Gasteiger partial charge on any atom is -0.481 e. The zero-order valence-corrected chi connectivity index (χ0v) is 17.5. The first-order valence-corrected chi connectivity index (χ1v) is 9.95. The fourth-order valence-corrected chi connectivity index (χ4v) is 3.33. The molecule has 1 unspecified atom stereocenters. The third kappa shape index (κ3) is 5.72. The van der Waals surface area contributed by atoms with E-state index in [2.05, 4.69) is 19.2 Å². The molecule has 1 atom stereocenters. The quantitative estimate of drug-likeness (QED) is 0.854. The van der Waals surface area contributed by atoms with Crippen LogP contribution in [0, 0.1) is 5.41 Å². The van der Waals surface area contributed by atoms with Gasteiger partial charge in [-0.1, -0.05) is 52.8 Å². The molecule has 27 heavy (non-hydrogen) atoms. The maximum atomic E-state index is 12.6. The number of nitrogens with zero attached hydrogens (tertiary/aromatic N) is 1. The summed E-state index contributed by atoms with van der Waals surface area (Å²) in [6, 6.07) is 7.95. The average Bonchev–Trinajstić information content (AvgIpc) is 2.61. The second-order valence-electron chi connectivity index (χ2n) is 8.78. The molecule has 150 valence electrons. The molecule has 1 aromatic carbocycles. The van der Waals surface area contributed by atoms with E-state index in [0.29, 0.717) is 19.0 Å². The molecule has 0 radical (unpaired) electrons. The van der Waals surface area contributed by atoms with E-state index in [1.54, 1.807) is 6.92 Å². The number of para-hydroxylation sites is 1. The highest BCUT2D eigenvalue weighted by Crippen LogP contribution is 2.27. The summed E-state index contributed by atoms with van der Waals surface area (Å²) in [6.45, 7) is 13.2. The molecule has 1 aromatic rings. The molecule has 0 aliphatic carbocycles. The van der Waals surface area contributed by atoms with Crippen molar-refractivity contribution in [3.05, 3.63) is 29.8 Å². The van der Waals surface area contributed by atoms with Crippen molar-refractivity contribution in [3.8, 4) is 5.75 Å². The Morgan fingerprint density at radius 2 is 1.70 bits per heavy atom. The Kier molecular flexibility index (Phi) is 6.90. The summed E-state index contributed by atoms with van der Waals surface area (Å²) in [5, 5.41) is 3.08. The Morgan fingerprint density at radius 1 is 1.11 bits per heavy atom. The predicted molar refractivity (Wildman–Crippen MR) is 108 cm³/mol. The average molecular weight is 375 g/mol. The van der Waals surface area contributed by atoms with Crippen LogP contribution in [-0.4, -0.2) is 41.9 Å². The number of nitrogens with one attached hydrogen (secondary N) is 1. The van der Waals surface area contributed by atoms with Gasteiger partial charge in [-0.3, -0.25) is 9.59 Å². The highest BCUT2D eigenvalue weighted by atomic mass is 16.5. The third-order valence-corrected chi connectivity index (χ3v) is 4.98. The summed E-state index contributed by atoms with van der Waals surface area (Å²) in [5.41, 5.74) is 0.744. The minimum atomic E-state index is -0.556. The number of carbonyl (C=O) groups is 2. The van der Waals surface area contributed by atoms with Crippen LogP contribution in [0.2, 0.25) is 0 Å². The second kappa shape index (κ2) is 8.77. The van der Waals surface area contributed by atoms with E-state index in [4.69, 9.17) is 4.74 Å². The van der Waals surface area contributed by atoms with Crippen LogP contribution >= 0.6 is 0 Å². The smallest absolute Gasteiger partial charge is 0.260 e. The van der Waals surface area contributed by atoms with E-state index in [9.17, 15) is 9.59 Å². The van der Waals surface area contributed by atoms with Gasteiger partial charge in [0, 0.05) is 24.5 Å². The number of ether oxygens (including phenoxy) is 1. The molecule has 0 aromatic heterocycles. The maximum absolute atomic E-state index is 12.6. The molecular weight excluding hydrogens is 340 g/mol. The molecule has 2 amide bonds. The number of benzene rings is 1. The van der Waals surface area contributed by atoms with Gasteiger partial charge in [-0.15, -0.1) is 0 Å². The lowest BCUT2D eigenvalue weighted by molar-refractivity contribution is -0.140. The van der Waals surface area contributed by atoms with Gasteiger partial charge in [0.25, 0.3) is 5.91 Å². The zero-order chi connectivity index (χ0) is 20.2. The predicted octanol–water partition coefficient (Wildman–Crippen LogP) is 3.73. The molecule has 1 saturated heterocycles. The Morgan fingerprint density at radius 3 is 2.26 bits per heavy atom. The van der Waals surface area contributed by atoms with Crippen molar-refractivity contribution < 1.29 is 14.3 Å². The standard InChI is InChI=1S/C22H34N2O3/c1-15(2)18-9-7-8-10-19(18)27-16(3)20(25)23-17-11-13-24(14-12-17)21(26)22(4,5)6/h7-10,15-17H,11-14H2,1-6H3,(H,23,25). The van der Waals surface area contributed by atoms with Gasteiger partial charge in [-0.05, 0) is 37.3 Å². The van der Waals surface area contributed by atoms with Crippen LogP contribution in [0.1, 0.15) is 65.9 Å². The molecular formula is C22H34N2O3. The fourth-order valence-electron chi connectivity index (χ4n) is 3.33. The van der Waals surface area contributed by atoms with Crippen molar-refractivity contribution in [2.75, 3.05) is 13.1 Å².